The van der Waals surface area contributed by atoms with Crippen LogP contribution in [0.25, 0.3) is 0 Å². The molecule has 1 aromatic rings. The van der Waals surface area contributed by atoms with E-state index in [-0.39, 0.29) is 0 Å². The molecule has 15 heavy (non-hydrogen) atoms. The first-order valence-electron chi connectivity index (χ1n) is 5.71. The number of likely N-dealkylation sites (N-methyl/N-ethyl adjacent to an activating group) is 2. The van der Waals surface area contributed by atoms with Gasteiger partial charge in [-0.3, -0.25) is 0 Å². The van der Waals surface area contributed by atoms with Gasteiger partial charge in [-0.05, 0) is 37.9 Å². The number of hydrogen-bond donors (Lipinski definition) is 1. The predicted octanol–water partition coefficient (Wildman–Crippen LogP) is 1.83. The van der Waals surface area contributed by atoms with Crippen molar-refractivity contribution in [2.24, 2.45) is 0 Å². The summed E-state index contributed by atoms with van der Waals surface area (Å²) in [5.41, 5.74) is 4.47. The van der Waals surface area contributed by atoms with E-state index < -0.39 is 0 Å². The Labute approximate surface area is 92.3 Å². The van der Waals surface area contributed by atoms with Crippen molar-refractivity contribution < 1.29 is 0 Å². The highest BCUT2D eigenvalue weighted by Gasteiger charge is 2.19. The Morgan fingerprint density at radius 1 is 1.47 bits per heavy atom. The highest BCUT2D eigenvalue weighted by molar-refractivity contribution is 5.63. The van der Waals surface area contributed by atoms with E-state index in [0.29, 0.717) is 6.04 Å². The summed E-state index contributed by atoms with van der Waals surface area (Å²) in [6.45, 7) is 3.40. The van der Waals surface area contributed by atoms with E-state index in [2.05, 4.69) is 42.4 Å². The molecular formula is C13H20N2. The van der Waals surface area contributed by atoms with Crippen molar-refractivity contribution in [3.05, 3.63) is 29.3 Å². The van der Waals surface area contributed by atoms with Crippen LogP contribution in [0.1, 0.15) is 18.1 Å². The van der Waals surface area contributed by atoms with Crippen LogP contribution in [-0.4, -0.2) is 26.7 Å². The third-order valence-corrected chi connectivity index (χ3v) is 3.32. The van der Waals surface area contributed by atoms with Crippen molar-refractivity contribution in [2.45, 2.75) is 25.8 Å². The minimum absolute atomic E-state index is 0.547. The third kappa shape index (κ3) is 2.00. The molecule has 1 unspecified atom stereocenters. The lowest BCUT2D eigenvalue weighted by Gasteiger charge is -2.19. The number of nitrogens with one attached hydrogen (secondary N) is 1. The summed E-state index contributed by atoms with van der Waals surface area (Å²) in [6, 6.07) is 7.25. The van der Waals surface area contributed by atoms with Gasteiger partial charge in [0.1, 0.15) is 0 Å². The molecule has 1 aliphatic heterocycles. The van der Waals surface area contributed by atoms with Crippen LogP contribution in [0.3, 0.4) is 0 Å². The fraction of sp³-hybridized carbons (Fsp3) is 0.538. The van der Waals surface area contributed by atoms with Crippen molar-refractivity contribution in [3.8, 4) is 0 Å². The van der Waals surface area contributed by atoms with Gasteiger partial charge in [-0.25, -0.2) is 0 Å². The van der Waals surface area contributed by atoms with Gasteiger partial charge in [0.2, 0.25) is 0 Å². The maximum Gasteiger partial charge on any atom is 0.0430 e. The molecule has 2 nitrogen and oxygen atoms in total. The maximum absolute atomic E-state index is 3.30. The Hall–Kier alpha value is -1.02. The van der Waals surface area contributed by atoms with Crippen LogP contribution in [0, 0.1) is 0 Å². The van der Waals surface area contributed by atoms with Gasteiger partial charge >= 0.3 is 0 Å². The van der Waals surface area contributed by atoms with Crippen LogP contribution in [0.15, 0.2) is 18.2 Å². The highest BCUT2D eigenvalue weighted by Crippen LogP contribution is 2.31. The van der Waals surface area contributed by atoms with E-state index in [4.69, 9.17) is 0 Å². The second-order valence-electron chi connectivity index (χ2n) is 4.49. The maximum atomic E-state index is 3.30. The van der Waals surface area contributed by atoms with Gasteiger partial charge in [-0.15, -0.1) is 0 Å². The molecule has 0 fully saturated rings. The van der Waals surface area contributed by atoms with Crippen LogP contribution < -0.4 is 10.2 Å². The first-order valence-corrected chi connectivity index (χ1v) is 5.71. The fourth-order valence-electron chi connectivity index (χ4n) is 2.33. The number of benzene rings is 1. The normalized spacial score (nSPS) is 16.6. The molecule has 0 spiro atoms. The molecular weight excluding hydrogens is 184 g/mol. The lowest BCUT2D eigenvalue weighted by Crippen LogP contribution is -2.24. The van der Waals surface area contributed by atoms with Crippen LogP contribution in [0.4, 0.5) is 5.69 Å². The average molecular weight is 204 g/mol. The van der Waals surface area contributed by atoms with E-state index in [1.165, 1.54) is 29.8 Å². The third-order valence-electron chi connectivity index (χ3n) is 3.32. The predicted molar refractivity (Wildman–Crippen MR) is 65.6 cm³/mol. The summed E-state index contributed by atoms with van der Waals surface area (Å²) in [5, 5.41) is 3.30. The van der Waals surface area contributed by atoms with Crippen molar-refractivity contribution in [1.82, 2.24) is 5.32 Å². The van der Waals surface area contributed by atoms with Crippen molar-refractivity contribution in [2.75, 3.05) is 25.5 Å². The first-order chi connectivity index (χ1) is 7.22. The molecule has 1 aromatic carbocycles. The van der Waals surface area contributed by atoms with Crippen molar-refractivity contribution in [1.29, 1.82) is 0 Å². The lowest BCUT2D eigenvalue weighted by atomic mass is 10.0. The lowest BCUT2D eigenvalue weighted by molar-refractivity contribution is 0.608. The Balaban J connectivity index is 2.28. The van der Waals surface area contributed by atoms with Gasteiger partial charge < -0.3 is 10.2 Å². The van der Waals surface area contributed by atoms with Crippen LogP contribution in [-0.2, 0) is 12.8 Å². The van der Waals surface area contributed by atoms with Crippen LogP contribution >= 0.6 is 0 Å². The minimum Gasteiger partial charge on any atom is -0.374 e. The van der Waals surface area contributed by atoms with E-state index in [1.807, 2.05) is 7.05 Å². The minimum atomic E-state index is 0.547. The van der Waals surface area contributed by atoms with Gasteiger partial charge in [0, 0.05) is 25.3 Å². The summed E-state index contributed by atoms with van der Waals surface area (Å²) >= 11 is 0. The van der Waals surface area contributed by atoms with Crippen LogP contribution in [0.2, 0.25) is 0 Å². The SMILES string of the molecule is CNC(C)Cc1cccc2c1N(C)CC2. The van der Waals surface area contributed by atoms with Gasteiger partial charge in [0.15, 0.2) is 0 Å². The smallest absolute Gasteiger partial charge is 0.0430 e. The second kappa shape index (κ2) is 4.23. The van der Waals surface area contributed by atoms with E-state index >= 15 is 0 Å². The molecule has 1 N–H and O–H groups in total. The largest absolute Gasteiger partial charge is 0.374 e. The Kier molecular flexibility index (Phi) is 2.96. The average Bonchev–Trinajstić information content (AvgIpc) is 2.61. The molecule has 0 saturated carbocycles. The first kappa shape index (κ1) is 10.5. The van der Waals surface area contributed by atoms with Gasteiger partial charge in [0.05, 0.1) is 0 Å². The number of nitrogens with zero attached hydrogens (tertiary/aromatic N) is 1. The Morgan fingerprint density at radius 2 is 2.27 bits per heavy atom. The summed E-state index contributed by atoms with van der Waals surface area (Å²) in [6.07, 6.45) is 2.32. The zero-order chi connectivity index (χ0) is 10.8. The number of rotatable bonds is 3. The molecule has 0 bridgehead atoms. The fourth-order valence-corrected chi connectivity index (χ4v) is 2.33. The monoisotopic (exact) mass is 204 g/mol. The zero-order valence-electron chi connectivity index (χ0n) is 9.88. The van der Waals surface area contributed by atoms with Crippen molar-refractivity contribution in [3.63, 3.8) is 0 Å². The molecule has 0 radical (unpaired) electrons. The molecule has 0 aromatic heterocycles. The van der Waals surface area contributed by atoms with Crippen molar-refractivity contribution >= 4 is 5.69 Å². The standard InChI is InChI=1S/C13H20N2/c1-10(14-2)9-12-6-4-5-11-7-8-15(3)13(11)12/h4-6,10,14H,7-9H2,1-3H3. The number of fused-ring (bicyclic) bond motifs is 1. The number of para-hydroxylation sites is 1. The van der Waals surface area contributed by atoms with Crippen LogP contribution in [0.5, 0.6) is 0 Å². The van der Waals surface area contributed by atoms with E-state index in [9.17, 15) is 0 Å². The van der Waals surface area contributed by atoms with E-state index in [1.54, 1.807) is 0 Å². The number of hydrogen-bond acceptors (Lipinski definition) is 2. The second-order valence-corrected chi connectivity index (χ2v) is 4.49. The van der Waals surface area contributed by atoms with Gasteiger partial charge in [-0.2, -0.15) is 0 Å². The molecule has 2 rings (SSSR count). The Morgan fingerprint density at radius 3 is 3.00 bits per heavy atom. The molecule has 2 heteroatoms. The van der Waals surface area contributed by atoms with E-state index in [0.717, 1.165) is 6.42 Å². The summed E-state index contributed by atoms with van der Waals surface area (Å²) in [4.78, 5) is 2.38. The zero-order valence-corrected chi connectivity index (χ0v) is 9.88. The molecule has 82 valence electrons. The molecule has 0 amide bonds. The summed E-state index contributed by atoms with van der Waals surface area (Å²) < 4.78 is 0. The molecule has 1 atom stereocenters. The highest BCUT2D eigenvalue weighted by atomic mass is 15.1. The summed E-state index contributed by atoms with van der Waals surface area (Å²) in [7, 11) is 4.22. The quantitative estimate of drug-likeness (QED) is 0.808. The topological polar surface area (TPSA) is 15.3 Å². The summed E-state index contributed by atoms with van der Waals surface area (Å²) in [5.74, 6) is 0. The van der Waals surface area contributed by atoms with Gasteiger partial charge in [0.25, 0.3) is 0 Å². The molecule has 1 aliphatic rings. The van der Waals surface area contributed by atoms with Gasteiger partial charge in [-0.1, -0.05) is 18.2 Å². The number of anilines is 1. The molecule has 0 aliphatic carbocycles. The molecule has 1 heterocycles. The molecule has 0 saturated heterocycles. The Bertz CT molecular complexity index is 346.